The molecule has 1 heterocycles. The maximum atomic E-state index is 12.7. The lowest BCUT2D eigenvalue weighted by Gasteiger charge is -2.45. The molecule has 4 heteroatoms. The number of nitrogens with zero attached hydrogens (tertiary/aromatic N) is 1. The molecule has 0 aromatic carbocycles. The first-order valence-electron chi connectivity index (χ1n) is 12.8. The fourth-order valence-electron chi connectivity index (χ4n) is 6.13. The summed E-state index contributed by atoms with van der Waals surface area (Å²) in [6.45, 7) is 14.7. The summed E-state index contributed by atoms with van der Waals surface area (Å²) < 4.78 is 5.90. The second-order valence-corrected chi connectivity index (χ2v) is 10.4. The molecule has 3 rings (SSSR count). The molecule has 172 valence electrons. The minimum absolute atomic E-state index is 0.0399. The van der Waals surface area contributed by atoms with Gasteiger partial charge in [0.25, 0.3) is 0 Å². The summed E-state index contributed by atoms with van der Waals surface area (Å²) in [5, 5.41) is 3.61. The highest BCUT2D eigenvalue weighted by Gasteiger charge is 2.52. The average molecular weight is 419 g/mol. The molecular weight excluding hydrogens is 372 g/mol. The Morgan fingerprint density at radius 3 is 2.53 bits per heavy atom. The normalized spacial score (nSPS) is 31.1. The smallest absolute Gasteiger partial charge is 0.310 e. The maximum Gasteiger partial charge on any atom is 0.310 e. The third kappa shape index (κ3) is 5.68. The van der Waals surface area contributed by atoms with Crippen molar-refractivity contribution in [2.75, 3.05) is 32.7 Å². The molecule has 30 heavy (non-hydrogen) atoms. The molecule has 0 spiro atoms. The van der Waals surface area contributed by atoms with Crippen LogP contribution in [0.25, 0.3) is 0 Å². The van der Waals surface area contributed by atoms with Gasteiger partial charge in [-0.2, -0.15) is 0 Å². The largest absolute Gasteiger partial charge is 0.462 e. The van der Waals surface area contributed by atoms with E-state index < -0.39 is 0 Å². The highest BCUT2D eigenvalue weighted by Crippen LogP contribution is 2.54. The Balaban J connectivity index is 1.46. The number of rotatable bonds is 12. The monoisotopic (exact) mass is 418 g/mol. The van der Waals surface area contributed by atoms with Gasteiger partial charge in [-0.05, 0) is 89.9 Å². The van der Waals surface area contributed by atoms with Crippen LogP contribution in [0.5, 0.6) is 0 Å². The maximum absolute atomic E-state index is 12.7. The Bertz CT molecular complexity index is 594. The standard InChI is InChI=1S/C26H46N2O2/c1-5-7-14-28(15-8-6-2)16-10-13-27-19-22-21-17-23-20(3)11-9-12-26(23,4)18-24(21)30-25(22)29/h21-22,24,27H,5-19H2,1-4H3. The quantitative estimate of drug-likeness (QED) is 0.264. The topological polar surface area (TPSA) is 41.6 Å². The van der Waals surface area contributed by atoms with Crippen molar-refractivity contribution >= 4 is 5.97 Å². The van der Waals surface area contributed by atoms with Gasteiger partial charge in [-0.25, -0.2) is 0 Å². The third-order valence-corrected chi connectivity index (χ3v) is 8.03. The predicted molar refractivity (Wildman–Crippen MR) is 124 cm³/mol. The van der Waals surface area contributed by atoms with E-state index in [1.807, 2.05) is 0 Å². The molecule has 1 aliphatic heterocycles. The fraction of sp³-hybridized carbons (Fsp3) is 0.885. The first kappa shape index (κ1) is 23.8. The molecule has 4 atom stereocenters. The molecule has 2 aliphatic carbocycles. The number of fused-ring (bicyclic) bond motifs is 2. The summed E-state index contributed by atoms with van der Waals surface area (Å²) in [7, 11) is 0. The van der Waals surface area contributed by atoms with Gasteiger partial charge in [0.05, 0.1) is 5.92 Å². The van der Waals surface area contributed by atoms with Crippen LogP contribution in [0.3, 0.4) is 0 Å². The number of hydrogen-bond donors (Lipinski definition) is 1. The van der Waals surface area contributed by atoms with Crippen molar-refractivity contribution in [1.29, 1.82) is 0 Å². The van der Waals surface area contributed by atoms with Crippen LogP contribution in [0.2, 0.25) is 0 Å². The molecular formula is C26H46N2O2. The van der Waals surface area contributed by atoms with Gasteiger partial charge in [0.1, 0.15) is 6.10 Å². The number of carbonyl (C=O) groups excluding carboxylic acids is 1. The first-order chi connectivity index (χ1) is 14.5. The van der Waals surface area contributed by atoms with E-state index in [-0.39, 0.29) is 23.4 Å². The van der Waals surface area contributed by atoms with Gasteiger partial charge in [-0.1, -0.05) is 44.8 Å². The van der Waals surface area contributed by atoms with Crippen LogP contribution in [-0.4, -0.2) is 49.7 Å². The van der Waals surface area contributed by atoms with E-state index >= 15 is 0 Å². The summed E-state index contributed by atoms with van der Waals surface area (Å²) in [6.07, 6.45) is 12.3. The Morgan fingerprint density at radius 2 is 1.83 bits per heavy atom. The second-order valence-electron chi connectivity index (χ2n) is 10.4. The fourth-order valence-corrected chi connectivity index (χ4v) is 6.13. The molecule has 4 unspecified atom stereocenters. The van der Waals surface area contributed by atoms with Crippen LogP contribution in [0, 0.1) is 17.3 Å². The van der Waals surface area contributed by atoms with Crippen LogP contribution in [-0.2, 0) is 9.53 Å². The van der Waals surface area contributed by atoms with Crippen LogP contribution < -0.4 is 5.32 Å². The number of hydrogen-bond acceptors (Lipinski definition) is 4. The molecule has 0 amide bonds. The van der Waals surface area contributed by atoms with Crippen molar-refractivity contribution in [2.24, 2.45) is 17.3 Å². The lowest BCUT2D eigenvalue weighted by Crippen LogP contribution is -2.41. The summed E-state index contributed by atoms with van der Waals surface area (Å²) in [6, 6.07) is 0. The number of carbonyl (C=O) groups is 1. The average Bonchev–Trinajstić information content (AvgIpc) is 3.01. The van der Waals surface area contributed by atoms with Crippen LogP contribution in [0.1, 0.15) is 91.9 Å². The van der Waals surface area contributed by atoms with E-state index in [4.69, 9.17) is 4.74 Å². The van der Waals surface area contributed by atoms with Crippen molar-refractivity contribution in [3.05, 3.63) is 11.1 Å². The van der Waals surface area contributed by atoms with Crippen molar-refractivity contribution < 1.29 is 9.53 Å². The van der Waals surface area contributed by atoms with E-state index in [2.05, 4.69) is 37.9 Å². The molecule has 3 aliphatic rings. The Morgan fingerprint density at radius 1 is 1.13 bits per heavy atom. The van der Waals surface area contributed by atoms with Gasteiger partial charge in [0, 0.05) is 12.5 Å². The Hall–Kier alpha value is -0.870. The molecule has 4 nitrogen and oxygen atoms in total. The zero-order valence-electron chi connectivity index (χ0n) is 20.1. The lowest BCUT2D eigenvalue weighted by atomic mass is 9.59. The van der Waals surface area contributed by atoms with Gasteiger partial charge in [0.15, 0.2) is 0 Å². The third-order valence-electron chi connectivity index (χ3n) is 8.03. The highest BCUT2D eigenvalue weighted by atomic mass is 16.6. The minimum atomic E-state index is 0.0399. The number of esters is 1. The number of unbranched alkanes of at least 4 members (excludes halogenated alkanes) is 2. The predicted octanol–water partition coefficient (Wildman–Crippen LogP) is 5.33. The molecule has 0 aromatic rings. The van der Waals surface area contributed by atoms with E-state index in [1.54, 1.807) is 11.1 Å². The zero-order chi connectivity index (χ0) is 21.6. The summed E-state index contributed by atoms with van der Waals surface area (Å²) >= 11 is 0. The first-order valence-corrected chi connectivity index (χ1v) is 12.8. The lowest BCUT2D eigenvalue weighted by molar-refractivity contribution is -0.145. The number of allylic oxidation sites excluding steroid dienone is 2. The Kier molecular flexibility index (Phi) is 8.82. The van der Waals surface area contributed by atoms with Crippen molar-refractivity contribution in [1.82, 2.24) is 10.2 Å². The van der Waals surface area contributed by atoms with Gasteiger partial charge in [0.2, 0.25) is 0 Å². The van der Waals surface area contributed by atoms with Gasteiger partial charge >= 0.3 is 5.97 Å². The van der Waals surface area contributed by atoms with Crippen molar-refractivity contribution in [3.63, 3.8) is 0 Å². The molecule has 0 radical (unpaired) electrons. The molecule has 0 aromatic heterocycles. The zero-order valence-corrected chi connectivity index (χ0v) is 20.1. The SMILES string of the molecule is CCCCN(CCCC)CCCNCC1C(=O)OC2CC3(C)CCCC(C)=C3CC21. The van der Waals surface area contributed by atoms with E-state index in [0.717, 1.165) is 32.4 Å². The molecule has 1 N–H and O–H groups in total. The van der Waals surface area contributed by atoms with Crippen LogP contribution in [0.4, 0.5) is 0 Å². The van der Waals surface area contributed by atoms with E-state index in [1.165, 1.54) is 64.6 Å². The van der Waals surface area contributed by atoms with Gasteiger partial charge in [-0.15, -0.1) is 0 Å². The minimum Gasteiger partial charge on any atom is -0.462 e. The van der Waals surface area contributed by atoms with Gasteiger partial charge in [-0.3, -0.25) is 4.79 Å². The summed E-state index contributed by atoms with van der Waals surface area (Å²) in [4.78, 5) is 15.3. The summed E-state index contributed by atoms with van der Waals surface area (Å²) in [5.41, 5.74) is 3.51. The number of ether oxygens (including phenoxy) is 1. The van der Waals surface area contributed by atoms with E-state index in [9.17, 15) is 4.79 Å². The second kappa shape index (κ2) is 11.1. The highest BCUT2D eigenvalue weighted by molar-refractivity contribution is 5.76. The van der Waals surface area contributed by atoms with E-state index in [0.29, 0.717) is 5.92 Å². The van der Waals surface area contributed by atoms with Crippen molar-refractivity contribution in [2.45, 2.75) is 98.0 Å². The van der Waals surface area contributed by atoms with Crippen molar-refractivity contribution in [3.8, 4) is 0 Å². The summed E-state index contributed by atoms with van der Waals surface area (Å²) in [5.74, 6) is 0.468. The molecule has 0 bridgehead atoms. The number of nitrogens with one attached hydrogen (secondary N) is 1. The van der Waals surface area contributed by atoms with Crippen LogP contribution >= 0.6 is 0 Å². The molecule has 2 fully saturated rings. The van der Waals surface area contributed by atoms with Crippen LogP contribution in [0.15, 0.2) is 11.1 Å². The molecule has 1 saturated carbocycles. The Labute approximate surface area is 185 Å². The molecule has 1 saturated heterocycles. The van der Waals surface area contributed by atoms with Gasteiger partial charge < -0.3 is 15.0 Å².